The zero-order valence-corrected chi connectivity index (χ0v) is 10.1. The second kappa shape index (κ2) is 3.54. The summed E-state index contributed by atoms with van der Waals surface area (Å²) in [6, 6.07) is 7.56. The van der Waals surface area contributed by atoms with Crippen molar-refractivity contribution in [3.05, 3.63) is 46.8 Å². The van der Waals surface area contributed by atoms with Crippen LogP contribution in [0.4, 0.5) is 0 Å². The van der Waals surface area contributed by atoms with Crippen LogP contribution in [0.1, 0.15) is 0 Å². The highest BCUT2D eigenvalue weighted by Gasteiger charge is 2.16. The first kappa shape index (κ1) is 10.9. The Kier molecular flexibility index (Phi) is 1.93. The second-order valence-electron chi connectivity index (χ2n) is 4.55. The van der Waals surface area contributed by atoms with Gasteiger partial charge in [-0.15, -0.1) is 0 Å². The van der Waals surface area contributed by atoms with E-state index < -0.39 is 5.95 Å². The summed E-state index contributed by atoms with van der Waals surface area (Å²) in [6.45, 7) is 0. The third-order valence-electron chi connectivity index (χ3n) is 3.37. The van der Waals surface area contributed by atoms with Crippen LogP contribution in [0.25, 0.3) is 32.7 Å². The Morgan fingerprint density at radius 1 is 0.900 bits per heavy atom. The number of hydrogen-bond donors (Lipinski definition) is 2. The summed E-state index contributed by atoms with van der Waals surface area (Å²) in [4.78, 5) is 11.9. The average Bonchev–Trinajstić information content (AvgIpc) is 2.44. The Balaban J connectivity index is 2.43. The van der Waals surface area contributed by atoms with Gasteiger partial charge in [-0.1, -0.05) is 0 Å². The minimum absolute atomic E-state index is 0.0778. The molecule has 4 aromatic rings. The fourth-order valence-electron chi connectivity index (χ4n) is 2.50. The molecule has 2 aromatic heterocycles. The monoisotopic (exact) mass is 268 g/mol. The third kappa shape index (κ3) is 1.29. The molecule has 0 aliphatic carbocycles. The second-order valence-corrected chi connectivity index (χ2v) is 4.55. The van der Waals surface area contributed by atoms with Crippen LogP contribution in [0, 0.1) is 0 Å². The molecule has 0 aliphatic heterocycles. The maximum Gasteiger partial charge on any atom is 0.294 e. The number of aromatic hydroxyl groups is 2. The molecule has 5 nitrogen and oxygen atoms in total. The van der Waals surface area contributed by atoms with Gasteiger partial charge >= 0.3 is 0 Å². The lowest BCUT2D eigenvalue weighted by Gasteiger charge is -2.08. The maximum atomic E-state index is 11.9. The smallest absolute Gasteiger partial charge is 0.294 e. The minimum Gasteiger partial charge on any atom is -0.508 e. The van der Waals surface area contributed by atoms with Gasteiger partial charge in [0.05, 0.1) is 0 Å². The molecule has 0 radical (unpaired) electrons. The Hall–Kier alpha value is -2.95. The van der Waals surface area contributed by atoms with Crippen molar-refractivity contribution in [3.63, 3.8) is 0 Å². The molecule has 2 aromatic carbocycles. The van der Waals surface area contributed by atoms with Crippen LogP contribution < -0.4 is 5.43 Å². The predicted molar refractivity (Wildman–Crippen MR) is 73.1 cm³/mol. The number of benzene rings is 2. The first-order valence-corrected chi connectivity index (χ1v) is 5.94. The van der Waals surface area contributed by atoms with Crippen LogP contribution >= 0.6 is 0 Å². The summed E-state index contributed by atoms with van der Waals surface area (Å²) in [5.41, 5.74) is 0.675. The van der Waals surface area contributed by atoms with Crippen molar-refractivity contribution >= 4 is 32.7 Å². The van der Waals surface area contributed by atoms with E-state index in [2.05, 4.69) is 0 Å². The Morgan fingerprint density at radius 2 is 1.70 bits per heavy atom. The highest BCUT2D eigenvalue weighted by molar-refractivity contribution is 6.17. The summed E-state index contributed by atoms with van der Waals surface area (Å²) in [5, 5.41) is 21.1. The van der Waals surface area contributed by atoms with Crippen molar-refractivity contribution in [2.75, 3.05) is 0 Å². The topological polar surface area (TPSA) is 83.8 Å². The fraction of sp³-hybridized carbons (Fsp3) is 0. The van der Waals surface area contributed by atoms with Crippen molar-refractivity contribution in [2.45, 2.75) is 0 Å². The van der Waals surface area contributed by atoms with Crippen LogP contribution in [-0.2, 0) is 0 Å². The van der Waals surface area contributed by atoms with E-state index in [9.17, 15) is 15.0 Å². The highest BCUT2D eigenvalue weighted by atomic mass is 16.5. The summed E-state index contributed by atoms with van der Waals surface area (Å²) < 4.78 is 10.8. The van der Waals surface area contributed by atoms with Crippen LogP contribution in [-0.4, -0.2) is 10.2 Å². The van der Waals surface area contributed by atoms with Gasteiger partial charge in [0.2, 0.25) is 0 Å². The Labute approximate surface area is 111 Å². The first-order chi connectivity index (χ1) is 9.65. The van der Waals surface area contributed by atoms with Gasteiger partial charge < -0.3 is 19.0 Å². The molecule has 5 heteroatoms. The van der Waals surface area contributed by atoms with E-state index in [1.54, 1.807) is 12.1 Å². The summed E-state index contributed by atoms with van der Waals surface area (Å²) >= 11 is 0. The van der Waals surface area contributed by atoms with Crippen molar-refractivity contribution < 1.29 is 19.0 Å². The van der Waals surface area contributed by atoms with Crippen LogP contribution in [0.2, 0.25) is 0 Å². The van der Waals surface area contributed by atoms with Gasteiger partial charge in [-0.3, -0.25) is 4.79 Å². The minimum atomic E-state index is -0.442. The van der Waals surface area contributed by atoms with Gasteiger partial charge in [-0.25, -0.2) is 0 Å². The summed E-state index contributed by atoms with van der Waals surface area (Å²) in [7, 11) is 0. The molecule has 0 unspecified atom stereocenters. The molecule has 0 saturated heterocycles. The highest BCUT2D eigenvalue weighted by Crippen LogP contribution is 2.36. The largest absolute Gasteiger partial charge is 0.508 e. The standard InChI is InChI=1S/C15H8O5/c16-7-1-3-11-8(5-7)9-6-19-15(18)14-10(17)2-4-12(20-11)13(9)14/h1-6,16,18H. The fourth-order valence-corrected chi connectivity index (χ4v) is 2.50. The SMILES string of the molecule is O=c1ccc2oc3ccc(O)cc3c3coc(O)c1c23. The van der Waals surface area contributed by atoms with Gasteiger partial charge in [0, 0.05) is 16.2 Å². The van der Waals surface area contributed by atoms with Crippen molar-refractivity contribution in [1.29, 1.82) is 0 Å². The normalized spacial score (nSPS) is 11.6. The van der Waals surface area contributed by atoms with E-state index in [4.69, 9.17) is 8.83 Å². The molecule has 0 fully saturated rings. The maximum absolute atomic E-state index is 11.9. The molecular formula is C15H8O5. The molecule has 0 amide bonds. The van der Waals surface area contributed by atoms with Crippen LogP contribution in [0.3, 0.4) is 0 Å². The van der Waals surface area contributed by atoms with E-state index in [-0.39, 0.29) is 16.6 Å². The zero-order valence-electron chi connectivity index (χ0n) is 10.1. The van der Waals surface area contributed by atoms with E-state index in [1.807, 2.05) is 0 Å². The van der Waals surface area contributed by atoms with Gasteiger partial charge in [-0.05, 0) is 30.3 Å². The van der Waals surface area contributed by atoms with Gasteiger partial charge in [0.15, 0.2) is 5.43 Å². The zero-order chi connectivity index (χ0) is 13.9. The molecule has 0 saturated carbocycles. The molecule has 2 N–H and O–H groups in total. The van der Waals surface area contributed by atoms with E-state index in [1.165, 1.54) is 24.5 Å². The number of phenolic OH excluding ortho intramolecular Hbond substituents is 1. The number of rotatable bonds is 0. The van der Waals surface area contributed by atoms with Crippen molar-refractivity contribution in [2.24, 2.45) is 0 Å². The predicted octanol–water partition coefficient (Wildman–Crippen LogP) is 3.10. The molecule has 4 rings (SSSR count). The first-order valence-electron chi connectivity index (χ1n) is 5.94. The number of fused-ring (bicyclic) bond motifs is 2. The van der Waals surface area contributed by atoms with Gasteiger partial charge in [0.25, 0.3) is 5.95 Å². The molecule has 0 spiro atoms. The third-order valence-corrected chi connectivity index (χ3v) is 3.37. The molecule has 2 heterocycles. The lowest BCUT2D eigenvalue weighted by atomic mass is 10.0. The van der Waals surface area contributed by atoms with E-state index in [0.29, 0.717) is 27.3 Å². The number of phenols is 1. The summed E-state index contributed by atoms with van der Waals surface area (Å²) in [5.74, 6) is -0.363. The molecule has 0 atom stereocenters. The molecular weight excluding hydrogens is 260 g/mol. The molecule has 98 valence electrons. The number of hydrogen-bond acceptors (Lipinski definition) is 5. The Bertz CT molecular complexity index is 1040. The molecule has 20 heavy (non-hydrogen) atoms. The van der Waals surface area contributed by atoms with Gasteiger partial charge in [0.1, 0.15) is 28.6 Å². The molecule has 0 bridgehead atoms. The van der Waals surface area contributed by atoms with Crippen molar-refractivity contribution in [3.8, 4) is 11.7 Å². The molecule has 0 aliphatic rings. The summed E-state index contributed by atoms with van der Waals surface area (Å²) in [6.07, 6.45) is 1.35. The Morgan fingerprint density at radius 3 is 2.55 bits per heavy atom. The van der Waals surface area contributed by atoms with Crippen LogP contribution in [0.15, 0.2) is 50.2 Å². The van der Waals surface area contributed by atoms with E-state index in [0.717, 1.165) is 0 Å². The lowest BCUT2D eigenvalue weighted by Crippen LogP contribution is -1.99. The average molecular weight is 268 g/mol. The quantitative estimate of drug-likeness (QED) is 0.378. The van der Waals surface area contributed by atoms with Gasteiger partial charge in [-0.2, -0.15) is 0 Å². The van der Waals surface area contributed by atoms with Crippen molar-refractivity contribution in [1.82, 2.24) is 0 Å². The van der Waals surface area contributed by atoms with E-state index >= 15 is 0 Å². The lowest BCUT2D eigenvalue weighted by molar-refractivity contribution is 0.332. The van der Waals surface area contributed by atoms with Crippen LogP contribution in [0.5, 0.6) is 11.7 Å².